The van der Waals surface area contributed by atoms with Crippen LogP contribution in [0.5, 0.6) is 11.5 Å². The van der Waals surface area contributed by atoms with Crippen LogP contribution in [-0.4, -0.2) is 10.8 Å². The minimum absolute atomic E-state index is 0.0000292. The number of hydrogen-bond donors (Lipinski definition) is 1. The zero-order valence-electron chi connectivity index (χ0n) is 13.4. The van der Waals surface area contributed by atoms with Crippen LogP contribution in [0.4, 0.5) is 11.4 Å². The molecule has 1 N–H and O–H groups in total. The number of nitrogens with zero attached hydrogens (tertiary/aromatic N) is 1. The maximum Gasteiger partial charge on any atom is 0.269 e. The molecule has 0 fully saturated rings. The lowest BCUT2D eigenvalue weighted by Gasteiger charge is -2.08. The molecular formula is C19H13IN2O4. The van der Waals surface area contributed by atoms with Gasteiger partial charge in [0, 0.05) is 27.0 Å². The molecule has 3 aromatic rings. The number of carbonyl (C=O) groups is 1. The number of ether oxygens (including phenoxy) is 1. The molecule has 6 nitrogen and oxygen atoms in total. The van der Waals surface area contributed by atoms with Crippen molar-refractivity contribution in [1.29, 1.82) is 0 Å². The number of non-ortho nitro benzene ring substituents is 1. The van der Waals surface area contributed by atoms with Gasteiger partial charge in [0.05, 0.1) is 4.92 Å². The first-order valence-corrected chi connectivity index (χ1v) is 8.68. The number of halogens is 1. The van der Waals surface area contributed by atoms with E-state index in [0.717, 1.165) is 9.26 Å². The van der Waals surface area contributed by atoms with Crippen molar-refractivity contribution in [3.8, 4) is 11.5 Å². The van der Waals surface area contributed by atoms with Crippen molar-refractivity contribution in [1.82, 2.24) is 0 Å². The van der Waals surface area contributed by atoms with Crippen LogP contribution in [0.15, 0.2) is 72.8 Å². The summed E-state index contributed by atoms with van der Waals surface area (Å²) in [6, 6.07) is 20.0. The van der Waals surface area contributed by atoms with Crippen molar-refractivity contribution in [2.75, 3.05) is 5.32 Å². The topological polar surface area (TPSA) is 81.5 Å². The summed E-state index contributed by atoms with van der Waals surface area (Å²) in [6.45, 7) is 0. The lowest BCUT2D eigenvalue weighted by molar-refractivity contribution is -0.384. The fourth-order valence-electron chi connectivity index (χ4n) is 2.18. The summed E-state index contributed by atoms with van der Waals surface area (Å²) in [6.07, 6.45) is 0. The summed E-state index contributed by atoms with van der Waals surface area (Å²) >= 11 is 2.20. The largest absolute Gasteiger partial charge is 0.457 e. The summed E-state index contributed by atoms with van der Waals surface area (Å²) in [4.78, 5) is 22.4. The second-order valence-corrected chi connectivity index (χ2v) is 6.58. The zero-order valence-corrected chi connectivity index (χ0v) is 15.5. The minimum atomic E-state index is -0.467. The molecule has 0 bridgehead atoms. The van der Waals surface area contributed by atoms with E-state index >= 15 is 0 Å². The van der Waals surface area contributed by atoms with Gasteiger partial charge in [-0.25, -0.2) is 0 Å². The van der Waals surface area contributed by atoms with Gasteiger partial charge in [-0.05, 0) is 83.3 Å². The standard InChI is InChI=1S/C19H13IN2O4/c20-14-3-5-15(6-4-14)21-19(23)13-1-9-17(10-2-13)26-18-11-7-16(8-12-18)22(24)25/h1-12H,(H,21,23). The summed E-state index contributed by atoms with van der Waals surface area (Å²) in [5, 5.41) is 13.5. The van der Waals surface area contributed by atoms with E-state index < -0.39 is 4.92 Å². The van der Waals surface area contributed by atoms with Crippen molar-refractivity contribution in [2.45, 2.75) is 0 Å². The summed E-state index contributed by atoms with van der Waals surface area (Å²) in [7, 11) is 0. The average Bonchev–Trinajstić information content (AvgIpc) is 2.64. The van der Waals surface area contributed by atoms with Gasteiger partial charge in [0.25, 0.3) is 11.6 Å². The monoisotopic (exact) mass is 460 g/mol. The third-order valence-corrected chi connectivity index (χ3v) is 4.22. The molecule has 0 aliphatic carbocycles. The molecule has 0 spiro atoms. The molecular weight excluding hydrogens is 447 g/mol. The number of nitro benzene ring substituents is 1. The molecule has 7 heteroatoms. The van der Waals surface area contributed by atoms with Crippen molar-refractivity contribution >= 4 is 39.9 Å². The fourth-order valence-corrected chi connectivity index (χ4v) is 2.54. The molecule has 0 aromatic heterocycles. The molecule has 3 aromatic carbocycles. The van der Waals surface area contributed by atoms with Crippen LogP contribution in [0.25, 0.3) is 0 Å². The smallest absolute Gasteiger partial charge is 0.269 e. The molecule has 0 atom stereocenters. The molecule has 3 rings (SSSR count). The highest BCUT2D eigenvalue weighted by Gasteiger charge is 2.08. The van der Waals surface area contributed by atoms with Gasteiger partial charge < -0.3 is 10.1 Å². The van der Waals surface area contributed by atoms with E-state index in [1.165, 1.54) is 24.3 Å². The van der Waals surface area contributed by atoms with Gasteiger partial charge >= 0.3 is 0 Å². The highest BCUT2D eigenvalue weighted by Crippen LogP contribution is 2.24. The Hall–Kier alpha value is -2.94. The number of anilines is 1. The van der Waals surface area contributed by atoms with Crippen LogP contribution in [-0.2, 0) is 0 Å². The molecule has 0 saturated carbocycles. The molecule has 130 valence electrons. The Morgan fingerprint density at radius 3 is 1.96 bits per heavy atom. The van der Waals surface area contributed by atoms with Crippen molar-refractivity contribution < 1.29 is 14.5 Å². The number of amides is 1. The molecule has 0 aliphatic heterocycles. The summed E-state index contributed by atoms with van der Waals surface area (Å²) in [5.41, 5.74) is 1.22. The molecule has 1 amide bonds. The van der Waals surface area contributed by atoms with Crippen LogP contribution in [0.3, 0.4) is 0 Å². The van der Waals surface area contributed by atoms with Crippen molar-refractivity contribution in [3.63, 3.8) is 0 Å². The predicted octanol–water partition coefficient (Wildman–Crippen LogP) is 5.24. The fraction of sp³-hybridized carbons (Fsp3) is 0. The number of nitrogens with one attached hydrogen (secondary N) is 1. The number of nitro groups is 1. The third-order valence-electron chi connectivity index (χ3n) is 3.50. The van der Waals surface area contributed by atoms with Crippen LogP contribution in [0, 0.1) is 13.7 Å². The zero-order chi connectivity index (χ0) is 18.5. The Morgan fingerprint density at radius 1 is 0.885 bits per heavy atom. The first-order valence-electron chi connectivity index (χ1n) is 7.60. The van der Waals surface area contributed by atoms with E-state index in [4.69, 9.17) is 4.74 Å². The number of hydrogen-bond acceptors (Lipinski definition) is 4. The van der Waals surface area contributed by atoms with Crippen LogP contribution < -0.4 is 10.1 Å². The highest BCUT2D eigenvalue weighted by molar-refractivity contribution is 14.1. The molecule has 0 heterocycles. The third kappa shape index (κ3) is 4.57. The lowest BCUT2D eigenvalue weighted by Crippen LogP contribution is -2.11. The second-order valence-electron chi connectivity index (χ2n) is 5.34. The molecule has 26 heavy (non-hydrogen) atoms. The number of benzene rings is 3. The van der Waals surface area contributed by atoms with Gasteiger partial charge in [-0.1, -0.05) is 0 Å². The van der Waals surface area contributed by atoms with Gasteiger partial charge in [0.1, 0.15) is 11.5 Å². The maximum atomic E-state index is 12.3. The SMILES string of the molecule is O=C(Nc1ccc(I)cc1)c1ccc(Oc2ccc([N+](=O)[O-])cc2)cc1. The summed E-state index contributed by atoms with van der Waals surface area (Å²) < 4.78 is 6.72. The number of carbonyl (C=O) groups excluding carboxylic acids is 1. The van der Waals surface area contributed by atoms with E-state index in [0.29, 0.717) is 17.1 Å². The predicted molar refractivity (Wildman–Crippen MR) is 107 cm³/mol. The van der Waals surface area contributed by atoms with Crippen LogP contribution in [0.1, 0.15) is 10.4 Å². The molecule has 0 radical (unpaired) electrons. The Kier molecular flexibility index (Phi) is 5.47. The Balaban J connectivity index is 1.64. The lowest BCUT2D eigenvalue weighted by atomic mass is 10.2. The first-order chi connectivity index (χ1) is 12.5. The van der Waals surface area contributed by atoms with E-state index in [1.807, 2.05) is 24.3 Å². The quantitative estimate of drug-likeness (QED) is 0.321. The van der Waals surface area contributed by atoms with Gasteiger partial charge in [0.2, 0.25) is 0 Å². The highest BCUT2D eigenvalue weighted by atomic mass is 127. The van der Waals surface area contributed by atoms with Crippen molar-refractivity contribution in [3.05, 3.63) is 92.0 Å². The minimum Gasteiger partial charge on any atom is -0.457 e. The number of rotatable bonds is 5. The Labute approximate surface area is 163 Å². The van der Waals surface area contributed by atoms with Gasteiger partial charge in [0.15, 0.2) is 0 Å². The van der Waals surface area contributed by atoms with E-state index in [-0.39, 0.29) is 11.6 Å². The van der Waals surface area contributed by atoms with Crippen LogP contribution >= 0.6 is 22.6 Å². The Morgan fingerprint density at radius 2 is 1.42 bits per heavy atom. The van der Waals surface area contributed by atoms with Gasteiger partial charge in [-0.3, -0.25) is 14.9 Å². The van der Waals surface area contributed by atoms with Gasteiger partial charge in [-0.15, -0.1) is 0 Å². The molecule has 0 saturated heterocycles. The van der Waals surface area contributed by atoms with Gasteiger partial charge in [-0.2, -0.15) is 0 Å². The normalized spacial score (nSPS) is 10.2. The van der Waals surface area contributed by atoms with E-state index in [9.17, 15) is 14.9 Å². The second kappa shape index (κ2) is 7.96. The van der Waals surface area contributed by atoms with Crippen molar-refractivity contribution in [2.24, 2.45) is 0 Å². The Bertz CT molecular complexity index is 923. The molecule has 0 unspecified atom stereocenters. The molecule has 0 aliphatic rings. The first kappa shape index (κ1) is 17.9. The van der Waals surface area contributed by atoms with E-state index in [1.54, 1.807) is 24.3 Å². The average molecular weight is 460 g/mol. The van der Waals surface area contributed by atoms with E-state index in [2.05, 4.69) is 27.9 Å². The summed E-state index contributed by atoms with van der Waals surface area (Å²) in [5.74, 6) is 0.796. The van der Waals surface area contributed by atoms with Crippen LogP contribution in [0.2, 0.25) is 0 Å². The maximum absolute atomic E-state index is 12.3.